The maximum absolute atomic E-state index is 12.4. The molecule has 130 valence electrons. The largest absolute Gasteiger partial charge is 0.496 e. The highest BCUT2D eigenvalue weighted by molar-refractivity contribution is 5.85. The smallest absolute Gasteiger partial charge is 0.239 e. The van der Waals surface area contributed by atoms with Gasteiger partial charge >= 0.3 is 0 Å². The Bertz CT molecular complexity index is 634. The summed E-state index contributed by atoms with van der Waals surface area (Å²) < 4.78 is 5.34. The first kappa shape index (κ1) is 20.0. The van der Waals surface area contributed by atoms with E-state index >= 15 is 0 Å². The fourth-order valence-electron chi connectivity index (χ4n) is 2.55. The van der Waals surface area contributed by atoms with Gasteiger partial charge in [0.15, 0.2) is 0 Å². The molecule has 0 heterocycles. The predicted octanol–water partition coefficient (Wildman–Crippen LogP) is 2.69. The normalized spacial score (nSPS) is 11.3. The Kier molecular flexibility index (Phi) is 8.30. The number of para-hydroxylation sites is 1. The van der Waals surface area contributed by atoms with Gasteiger partial charge in [-0.3, -0.25) is 4.79 Å². The minimum atomic E-state index is -0.514. The molecule has 0 unspecified atom stereocenters. The fourth-order valence-corrected chi connectivity index (χ4v) is 2.55. The first-order valence-electron chi connectivity index (χ1n) is 7.78. The molecule has 0 fully saturated rings. The number of methoxy groups -OCH3 is 1. The van der Waals surface area contributed by atoms with E-state index in [1.165, 1.54) is 0 Å². The number of carbonyl (C=O) groups is 1. The molecular weight excluding hydrogens is 324 g/mol. The number of rotatable bonds is 7. The van der Waals surface area contributed by atoms with Crippen molar-refractivity contribution in [3.8, 4) is 5.75 Å². The van der Waals surface area contributed by atoms with Crippen LogP contribution in [0.2, 0.25) is 0 Å². The third-order valence-corrected chi connectivity index (χ3v) is 3.90. The maximum atomic E-state index is 12.4. The highest BCUT2D eigenvalue weighted by Crippen LogP contribution is 2.18. The predicted molar refractivity (Wildman–Crippen MR) is 99.7 cm³/mol. The molecule has 24 heavy (non-hydrogen) atoms. The zero-order valence-corrected chi connectivity index (χ0v) is 15.0. The SMILES string of the molecule is COc1ccccc1CCN(C)C(=O)[C@@H](N)Cc1ccccc1.Cl. The molecular formula is C19H25ClN2O2. The highest BCUT2D eigenvalue weighted by atomic mass is 35.5. The van der Waals surface area contributed by atoms with E-state index in [1.54, 1.807) is 19.1 Å². The van der Waals surface area contributed by atoms with Crippen LogP contribution in [0.4, 0.5) is 0 Å². The van der Waals surface area contributed by atoms with Crippen molar-refractivity contribution in [2.75, 3.05) is 20.7 Å². The molecule has 0 saturated heterocycles. The van der Waals surface area contributed by atoms with Gasteiger partial charge in [-0.1, -0.05) is 48.5 Å². The zero-order chi connectivity index (χ0) is 16.7. The second-order valence-electron chi connectivity index (χ2n) is 5.62. The summed E-state index contributed by atoms with van der Waals surface area (Å²) in [7, 11) is 3.45. The molecule has 0 radical (unpaired) electrons. The van der Waals surface area contributed by atoms with Crippen LogP contribution in [0.25, 0.3) is 0 Å². The third kappa shape index (κ3) is 5.55. The van der Waals surface area contributed by atoms with Crippen molar-refractivity contribution in [2.45, 2.75) is 18.9 Å². The molecule has 5 heteroatoms. The number of carbonyl (C=O) groups excluding carboxylic acids is 1. The van der Waals surface area contributed by atoms with E-state index in [2.05, 4.69) is 0 Å². The van der Waals surface area contributed by atoms with Gasteiger partial charge in [0, 0.05) is 13.6 Å². The summed E-state index contributed by atoms with van der Waals surface area (Å²) in [6.45, 7) is 0.613. The molecule has 2 rings (SSSR count). The van der Waals surface area contributed by atoms with Crippen LogP contribution in [-0.4, -0.2) is 37.6 Å². The zero-order valence-electron chi connectivity index (χ0n) is 14.1. The molecule has 1 atom stereocenters. The summed E-state index contributed by atoms with van der Waals surface area (Å²) in [6.07, 6.45) is 1.29. The first-order chi connectivity index (χ1) is 11.1. The minimum Gasteiger partial charge on any atom is -0.496 e. The Morgan fingerprint density at radius 2 is 1.75 bits per heavy atom. The van der Waals surface area contributed by atoms with Crippen LogP contribution in [0.3, 0.4) is 0 Å². The van der Waals surface area contributed by atoms with E-state index < -0.39 is 6.04 Å². The molecule has 0 aliphatic carbocycles. The van der Waals surface area contributed by atoms with Crippen molar-refractivity contribution < 1.29 is 9.53 Å². The Balaban J connectivity index is 0.00000288. The van der Waals surface area contributed by atoms with Crippen LogP contribution in [-0.2, 0) is 17.6 Å². The summed E-state index contributed by atoms with van der Waals surface area (Å²) in [5.41, 5.74) is 8.22. The van der Waals surface area contributed by atoms with Crippen LogP contribution in [0, 0.1) is 0 Å². The van der Waals surface area contributed by atoms with E-state index in [-0.39, 0.29) is 18.3 Å². The molecule has 0 bridgehead atoms. The lowest BCUT2D eigenvalue weighted by Crippen LogP contribution is -2.43. The lowest BCUT2D eigenvalue weighted by Gasteiger charge is -2.22. The molecule has 2 N–H and O–H groups in total. The lowest BCUT2D eigenvalue weighted by molar-refractivity contribution is -0.131. The molecule has 0 aliphatic rings. The number of hydrogen-bond donors (Lipinski definition) is 1. The Hall–Kier alpha value is -2.04. The number of nitrogens with zero attached hydrogens (tertiary/aromatic N) is 1. The number of amides is 1. The average molecular weight is 349 g/mol. The van der Waals surface area contributed by atoms with Crippen LogP contribution in [0.5, 0.6) is 5.75 Å². The van der Waals surface area contributed by atoms with Gasteiger partial charge in [-0.15, -0.1) is 12.4 Å². The third-order valence-electron chi connectivity index (χ3n) is 3.90. The molecule has 0 spiro atoms. The number of ether oxygens (including phenoxy) is 1. The van der Waals surface area contributed by atoms with Crippen LogP contribution in [0.15, 0.2) is 54.6 Å². The summed E-state index contributed by atoms with van der Waals surface area (Å²) in [5.74, 6) is 0.811. The molecule has 4 nitrogen and oxygen atoms in total. The first-order valence-corrected chi connectivity index (χ1v) is 7.78. The van der Waals surface area contributed by atoms with Crippen LogP contribution in [0.1, 0.15) is 11.1 Å². The van der Waals surface area contributed by atoms with Gasteiger partial charge < -0.3 is 15.4 Å². The average Bonchev–Trinajstić information content (AvgIpc) is 2.60. The Morgan fingerprint density at radius 3 is 2.42 bits per heavy atom. The van der Waals surface area contributed by atoms with Crippen molar-refractivity contribution in [1.82, 2.24) is 4.90 Å². The summed E-state index contributed by atoms with van der Waals surface area (Å²) >= 11 is 0. The van der Waals surface area contributed by atoms with Crippen molar-refractivity contribution >= 4 is 18.3 Å². The van der Waals surface area contributed by atoms with Crippen molar-refractivity contribution in [3.63, 3.8) is 0 Å². The van der Waals surface area contributed by atoms with Crippen molar-refractivity contribution in [1.29, 1.82) is 0 Å². The van der Waals surface area contributed by atoms with Gasteiger partial charge in [0.1, 0.15) is 5.75 Å². The quantitative estimate of drug-likeness (QED) is 0.837. The van der Waals surface area contributed by atoms with Gasteiger partial charge in [-0.2, -0.15) is 0 Å². The highest BCUT2D eigenvalue weighted by Gasteiger charge is 2.18. The monoisotopic (exact) mass is 348 g/mol. The minimum absolute atomic E-state index is 0. The summed E-state index contributed by atoms with van der Waals surface area (Å²) in [5, 5.41) is 0. The second kappa shape index (κ2) is 9.96. The van der Waals surface area contributed by atoms with Crippen LogP contribution < -0.4 is 10.5 Å². The van der Waals surface area contributed by atoms with Gasteiger partial charge in [0.05, 0.1) is 13.2 Å². The fraction of sp³-hybridized carbons (Fsp3) is 0.316. The number of likely N-dealkylation sites (N-methyl/N-ethyl adjacent to an activating group) is 1. The number of nitrogens with two attached hydrogens (primary N) is 1. The van der Waals surface area contributed by atoms with Crippen molar-refractivity contribution in [2.24, 2.45) is 5.73 Å². The standard InChI is InChI=1S/C19H24N2O2.ClH/c1-21(13-12-16-10-6-7-11-18(16)23-2)19(22)17(20)14-15-8-4-3-5-9-15;/h3-11,17H,12-14,20H2,1-2H3;1H/t17-;/m0./s1. The second-order valence-corrected chi connectivity index (χ2v) is 5.62. The lowest BCUT2D eigenvalue weighted by atomic mass is 10.1. The van der Waals surface area contributed by atoms with E-state index in [9.17, 15) is 4.79 Å². The Labute approximate surface area is 150 Å². The van der Waals surface area contributed by atoms with Gasteiger partial charge in [0.25, 0.3) is 0 Å². The van der Waals surface area contributed by atoms with Gasteiger partial charge in [-0.25, -0.2) is 0 Å². The molecule has 2 aromatic rings. The molecule has 0 saturated carbocycles. The maximum Gasteiger partial charge on any atom is 0.239 e. The van der Waals surface area contributed by atoms with Gasteiger partial charge in [-0.05, 0) is 30.0 Å². The van der Waals surface area contributed by atoms with E-state index in [0.29, 0.717) is 13.0 Å². The van der Waals surface area contributed by atoms with E-state index in [1.807, 2.05) is 54.6 Å². The van der Waals surface area contributed by atoms with E-state index in [4.69, 9.17) is 10.5 Å². The van der Waals surface area contributed by atoms with Crippen molar-refractivity contribution in [3.05, 3.63) is 65.7 Å². The molecule has 2 aromatic carbocycles. The number of hydrogen-bond acceptors (Lipinski definition) is 3. The topological polar surface area (TPSA) is 55.6 Å². The van der Waals surface area contributed by atoms with E-state index in [0.717, 1.165) is 23.3 Å². The van der Waals surface area contributed by atoms with Gasteiger partial charge in [0.2, 0.25) is 5.91 Å². The molecule has 0 aromatic heterocycles. The van der Waals surface area contributed by atoms with Crippen LogP contribution >= 0.6 is 12.4 Å². The summed E-state index contributed by atoms with van der Waals surface area (Å²) in [4.78, 5) is 14.1. The number of benzene rings is 2. The summed E-state index contributed by atoms with van der Waals surface area (Å²) in [6, 6.07) is 17.2. The Morgan fingerprint density at radius 1 is 1.12 bits per heavy atom. The molecule has 0 aliphatic heterocycles. The number of halogens is 1. The molecule has 1 amide bonds.